The van der Waals surface area contributed by atoms with Gasteiger partial charge in [-0.1, -0.05) is 0 Å². The van der Waals surface area contributed by atoms with Crippen LogP contribution in [0.3, 0.4) is 0 Å². The van der Waals surface area contributed by atoms with Gasteiger partial charge in [-0.25, -0.2) is 0 Å². The minimum Gasteiger partial charge on any atom is -0.391 e. The summed E-state index contributed by atoms with van der Waals surface area (Å²) in [6, 6.07) is 2.19. The highest BCUT2D eigenvalue weighted by atomic mass is 16.3. The number of H-pyrrole nitrogens is 1. The van der Waals surface area contributed by atoms with E-state index in [1.165, 1.54) is 30.5 Å². The van der Waals surface area contributed by atoms with Crippen LogP contribution in [0.15, 0.2) is 6.07 Å². The van der Waals surface area contributed by atoms with E-state index in [9.17, 15) is 5.11 Å². The van der Waals surface area contributed by atoms with Gasteiger partial charge in [0.1, 0.15) is 0 Å². The molecule has 0 spiro atoms. The second-order valence-electron chi connectivity index (χ2n) is 4.10. The lowest BCUT2D eigenvalue weighted by Gasteiger charge is -2.09. The van der Waals surface area contributed by atoms with Gasteiger partial charge in [0.2, 0.25) is 0 Å². The van der Waals surface area contributed by atoms with Gasteiger partial charge in [-0.05, 0) is 37.3 Å². The number of nitrogens with one attached hydrogen (secondary N) is 1. The second-order valence-corrected chi connectivity index (χ2v) is 4.10. The van der Waals surface area contributed by atoms with E-state index in [4.69, 9.17) is 5.73 Å². The highest BCUT2D eigenvalue weighted by Gasteiger charge is 2.13. The van der Waals surface area contributed by atoms with E-state index in [0.29, 0.717) is 13.0 Å². The van der Waals surface area contributed by atoms with Crippen molar-refractivity contribution < 1.29 is 5.11 Å². The maximum Gasteiger partial charge on any atom is 0.0716 e. The predicted molar refractivity (Wildman–Crippen MR) is 56.2 cm³/mol. The highest BCUT2D eigenvalue weighted by molar-refractivity contribution is 5.28. The second kappa shape index (κ2) is 4.15. The van der Waals surface area contributed by atoms with Crippen LogP contribution in [0.2, 0.25) is 0 Å². The van der Waals surface area contributed by atoms with Gasteiger partial charge < -0.3 is 15.8 Å². The van der Waals surface area contributed by atoms with E-state index in [2.05, 4.69) is 11.1 Å². The molecule has 0 bridgehead atoms. The Morgan fingerprint density at radius 3 is 2.93 bits per heavy atom. The van der Waals surface area contributed by atoms with Gasteiger partial charge in [-0.2, -0.15) is 0 Å². The molecule has 0 saturated heterocycles. The van der Waals surface area contributed by atoms with Crippen molar-refractivity contribution >= 4 is 0 Å². The van der Waals surface area contributed by atoms with E-state index in [-0.39, 0.29) is 0 Å². The molecule has 3 nitrogen and oxygen atoms in total. The molecule has 4 N–H and O–H groups in total. The molecule has 1 atom stereocenters. The molecule has 1 aliphatic rings. The molecule has 0 aromatic carbocycles. The van der Waals surface area contributed by atoms with Crippen molar-refractivity contribution in [3.05, 3.63) is 23.0 Å². The molecule has 1 heterocycles. The number of aromatic amines is 1. The summed E-state index contributed by atoms with van der Waals surface area (Å²) in [5, 5.41) is 9.43. The molecule has 0 saturated carbocycles. The normalized spacial score (nSPS) is 17.9. The molecule has 1 aromatic rings. The van der Waals surface area contributed by atoms with Crippen LogP contribution in [0.5, 0.6) is 0 Å². The van der Waals surface area contributed by atoms with Crippen molar-refractivity contribution in [2.75, 3.05) is 6.54 Å². The van der Waals surface area contributed by atoms with E-state index in [0.717, 1.165) is 12.1 Å². The largest absolute Gasteiger partial charge is 0.391 e. The van der Waals surface area contributed by atoms with Gasteiger partial charge in [0.05, 0.1) is 6.10 Å². The maximum atomic E-state index is 9.43. The Morgan fingerprint density at radius 2 is 2.21 bits per heavy atom. The molecule has 0 amide bonds. The predicted octanol–water partition coefficient (Wildman–Crippen LogP) is 0.756. The maximum absolute atomic E-state index is 9.43. The Labute approximate surface area is 84.3 Å². The highest BCUT2D eigenvalue weighted by Crippen LogP contribution is 2.22. The summed E-state index contributed by atoms with van der Waals surface area (Å²) in [6.45, 7) is 0.337. The third kappa shape index (κ3) is 1.99. The summed E-state index contributed by atoms with van der Waals surface area (Å²) in [5.41, 5.74) is 9.32. The van der Waals surface area contributed by atoms with E-state index in [1.54, 1.807) is 0 Å². The standard InChI is InChI=1S/C11H18N2O/c12-7-10(14)6-9-5-8-3-1-2-4-11(8)13-9/h5,10,13-14H,1-4,6-7,12H2. The Morgan fingerprint density at radius 1 is 1.43 bits per heavy atom. The summed E-state index contributed by atoms with van der Waals surface area (Å²) >= 11 is 0. The van der Waals surface area contributed by atoms with Gasteiger partial charge in [0.15, 0.2) is 0 Å². The number of aryl methyl sites for hydroxylation is 2. The Bertz CT molecular complexity index is 283. The zero-order valence-electron chi connectivity index (χ0n) is 8.42. The van der Waals surface area contributed by atoms with Crippen LogP contribution in [-0.2, 0) is 19.3 Å². The number of nitrogens with two attached hydrogens (primary N) is 1. The number of aliphatic hydroxyl groups is 1. The number of aliphatic hydroxyl groups excluding tert-OH is 1. The van der Waals surface area contributed by atoms with E-state index < -0.39 is 6.10 Å². The van der Waals surface area contributed by atoms with Crippen molar-refractivity contribution in [1.82, 2.24) is 4.98 Å². The average Bonchev–Trinajstić information content (AvgIpc) is 2.59. The quantitative estimate of drug-likeness (QED) is 0.665. The van der Waals surface area contributed by atoms with Crippen molar-refractivity contribution in [2.45, 2.75) is 38.2 Å². The van der Waals surface area contributed by atoms with Crippen LogP contribution >= 0.6 is 0 Å². The van der Waals surface area contributed by atoms with Crippen molar-refractivity contribution in [3.8, 4) is 0 Å². The first-order chi connectivity index (χ1) is 6.79. The molecule has 1 aromatic heterocycles. The lowest BCUT2D eigenvalue weighted by molar-refractivity contribution is 0.182. The van der Waals surface area contributed by atoms with Crippen molar-refractivity contribution in [1.29, 1.82) is 0 Å². The SMILES string of the molecule is NCC(O)Cc1cc2c([nH]1)CCCC2. The topological polar surface area (TPSA) is 62.0 Å². The minimum absolute atomic E-state index is 0.337. The molecular weight excluding hydrogens is 176 g/mol. The molecule has 1 aliphatic carbocycles. The summed E-state index contributed by atoms with van der Waals surface area (Å²) < 4.78 is 0. The molecule has 3 heteroatoms. The van der Waals surface area contributed by atoms with Gasteiger partial charge >= 0.3 is 0 Å². The molecule has 0 fully saturated rings. The fraction of sp³-hybridized carbons (Fsp3) is 0.636. The molecule has 0 aliphatic heterocycles. The molecular formula is C11H18N2O. The number of aromatic nitrogens is 1. The molecule has 2 rings (SSSR count). The molecule has 78 valence electrons. The Hall–Kier alpha value is -0.800. The fourth-order valence-corrected chi connectivity index (χ4v) is 2.12. The number of rotatable bonds is 3. The van der Waals surface area contributed by atoms with E-state index in [1.807, 2.05) is 0 Å². The van der Waals surface area contributed by atoms with Crippen LogP contribution in [0, 0.1) is 0 Å². The first kappa shape index (κ1) is 9.74. The van der Waals surface area contributed by atoms with Gasteiger partial charge in [-0.15, -0.1) is 0 Å². The first-order valence-electron chi connectivity index (χ1n) is 5.37. The number of hydrogen-bond donors (Lipinski definition) is 3. The zero-order chi connectivity index (χ0) is 9.97. The lowest BCUT2D eigenvalue weighted by atomic mass is 9.98. The monoisotopic (exact) mass is 194 g/mol. The van der Waals surface area contributed by atoms with E-state index >= 15 is 0 Å². The van der Waals surface area contributed by atoms with Crippen molar-refractivity contribution in [3.63, 3.8) is 0 Å². The molecule has 0 radical (unpaired) electrons. The first-order valence-corrected chi connectivity index (χ1v) is 5.37. The average molecular weight is 194 g/mol. The van der Waals surface area contributed by atoms with Gasteiger partial charge in [0, 0.05) is 24.4 Å². The van der Waals surface area contributed by atoms with Crippen LogP contribution < -0.4 is 5.73 Å². The van der Waals surface area contributed by atoms with Crippen molar-refractivity contribution in [2.24, 2.45) is 5.73 Å². The summed E-state index contributed by atoms with van der Waals surface area (Å²) in [6.07, 6.45) is 5.17. The van der Waals surface area contributed by atoms with Crippen LogP contribution in [0.25, 0.3) is 0 Å². The lowest BCUT2D eigenvalue weighted by Crippen LogP contribution is -2.22. The van der Waals surface area contributed by atoms with Crippen LogP contribution in [0.1, 0.15) is 29.8 Å². The summed E-state index contributed by atoms with van der Waals surface area (Å²) in [7, 11) is 0. The Kier molecular flexibility index (Phi) is 2.89. The van der Waals surface area contributed by atoms with Gasteiger partial charge in [0.25, 0.3) is 0 Å². The fourth-order valence-electron chi connectivity index (χ4n) is 2.12. The smallest absolute Gasteiger partial charge is 0.0716 e. The number of fused-ring (bicyclic) bond motifs is 1. The summed E-state index contributed by atoms with van der Waals surface area (Å²) in [5.74, 6) is 0. The van der Waals surface area contributed by atoms with Crippen LogP contribution in [0.4, 0.5) is 0 Å². The third-order valence-electron chi connectivity index (χ3n) is 2.90. The number of hydrogen-bond acceptors (Lipinski definition) is 2. The van der Waals surface area contributed by atoms with Crippen LogP contribution in [-0.4, -0.2) is 22.7 Å². The summed E-state index contributed by atoms with van der Waals surface area (Å²) in [4.78, 5) is 3.38. The molecule has 14 heavy (non-hydrogen) atoms. The Balaban J connectivity index is 2.08. The minimum atomic E-state index is -0.407. The van der Waals surface area contributed by atoms with Gasteiger partial charge in [-0.3, -0.25) is 0 Å². The third-order valence-corrected chi connectivity index (χ3v) is 2.90. The zero-order valence-corrected chi connectivity index (χ0v) is 8.42. The molecule has 1 unspecified atom stereocenters.